The topological polar surface area (TPSA) is 103 Å². The van der Waals surface area contributed by atoms with Crippen LogP contribution in [0.3, 0.4) is 0 Å². The molecule has 0 aliphatic carbocycles. The van der Waals surface area contributed by atoms with Gasteiger partial charge in [0.15, 0.2) is 5.82 Å². The van der Waals surface area contributed by atoms with E-state index in [0.717, 1.165) is 59.0 Å². The maximum atomic E-state index is 6.26. The molecule has 1 aromatic carbocycles. The van der Waals surface area contributed by atoms with Gasteiger partial charge < -0.3 is 19.9 Å². The molecule has 4 aromatic rings. The molecule has 3 aromatic heterocycles. The van der Waals surface area contributed by atoms with E-state index in [2.05, 4.69) is 40.8 Å². The lowest BCUT2D eigenvalue weighted by Gasteiger charge is -2.33. The van der Waals surface area contributed by atoms with E-state index in [-0.39, 0.29) is 12.0 Å². The van der Waals surface area contributed by atoms with Gasteiger partial charge in [-0.3, -0.25) is 0 Å². The summed E-state index contributed by atoms with van der Waals surface area (Å²) in [5, 5.41) is 4.75. The summed E-state index contributed by atoms with van der Waals surface area (Å²) >= 11 is 1.49. The van der Waals surface area contributed by atoms with Gasteiger partial charge in [-0.05, 0) is 49.9 Å². The van der Waals surface area contributed by atoms with Crippen LogP contribution in [0, 0.1) is 5.92 Å². The van der Waals surface area contributed by atoms with Gasteiger partial charge in [0.2, 0.25) is 0 Å². The molecule has 4 heterocycles. The van der Waals surface area contributed by atoms with Crippen LogP contribution in [-0.2, 0) is 0 Å². The fourth-order valence-corrected chi connectivity index (χ4v) is 4.94. The minimum absolute atomic E-state index is 0.0678. The minimum atomic E-state index is 0.0678. The van der Waals surface area contributed by atoms with Crippen molar-refractivity contribution in [3.8, 4) is 16.5 Å². The molecule has 1 aliphatic heterocycles. The van der Waals surface area contributed by atoms with E-state index in [0.29, 0.717) is 17.1 Å². The average Bonchev–Trinajstić information content (AvgIpc) is 3.46. The van der Waals surface area contributed by atoms with Gasteiger partial charge in [-0.25, -0.2) is 9.97 Å². The Kier molecular flexibility index (Phi) is 5.88. The molecular weight excluding hydrogens is 436 g/mol. The monoisotopic (exact) mass is 464 g/mol. The maximum absolute atomic E-state index is 6.26. The van der Waals surface area contributed by atoms with E-state index in [4.69, 9.17) is 20.0 Å². The molecule has 5 rings (SSSR count). The summed E-state index contributed by atoms with van der Waals surface area (Å²) in [6.07, 6.45) is 2.08. The van der Waals surface area contributed by atoms with E-state index >= 15 is 0 Å². The summed E-state index contributed by atoms with van der Waals surface area (Å²) in [5.74, 6) is 1.46. The van der Waals surface area contributed by atoms with Gasteiger partial charge in [0.05, 0.1) is 5.69 Å². The molecule has 0 saturated carbocycles. The standard InChI is InChI=1S/C24H28N6O2S/c1-14(2)21-28-23(32-29-21)30-12-10-16(11-13-30)15(3)31-24-27-20-9-8-19(26-22(20)33-24)17-4-6-18(25)7-5-17/h4-9,14-16H,10-13,25H2,1-3H3. The third kappa shape index (κ3) is 4.64. The summed E-state index contributed by atoms with van der Waals surface area (Å²) in [6, 6.07) is 12.3. The molecule has 8 nitrogen and oxygen atoms in total. The molecule has 33 heavy (non-hydrogen) atoms. The second kappa shape index (κ2) is 8.97. The molecule has 0 amide bonds. The molecule has 1 atom stereocenters. The molecule has 1 saturated heterocycles. The Morgan fingerprint density at radius 1 is 1.03 bits per heavy atom. The van der Waals surface area contributed by atoms with Crippen molar-refractivity contribution in [3.63, 3.8) is 0 Å². The smallest absolute Gasteiger partial charge is 0.324 e. The van der Waals surface area contributed by atoms with Crippen molar-refractivity contribution in [1.29, 1.82) is 0 Å². The number of pyridine rings is 1. The zero-order chi connectivity index (χ0) is 22.9. The molecule has 0 bridgehead atoms. The number of hydrogen-bond acceptors (Lipinski definition) is 9. The van der Waals surface area contributed by atoms with E-state index in [1.807, 2.05) is 36.4 Å². The first-order valence-corrected chi connectivity index (χ1v) is 12.2. The molecule has 9 heteroatoms. The van der Waals surface area contributed by atoms with E-state index in [1.165, 1.54) is 11.3 Å². The van der Waals surface area contributed by atoms with Crippen molar-refractivity contribution in [2.45, 2.75) is 45.6 Å². The van der Waals surface area contributed by atoms with Gasteiger partial charge in [0.1, 0.15) is 16.5 Å². The molecule has 0 spiro atoms. The Balaban J connectivity index is 1.22. The number of benzene rings is 1. The molecule has 2 N–H and O–H groups in total. The number of nitrogens with two attached hydrogens (primary N) is 1. The molecule has 1 fully saturated rings. The van der Waals surface area contributed by atoms with Crippen molar-refractivity contribution in [1.82, 2.24) is 20.1 Å². The number of anilines is 2. The zero-order valence-electron chi connectivity index (χ0n) is 19.1. The van der Waals surface area contributed by atoms with Crippen LogP contribution in [-0.4, -0.2) is 39.3 Å². The van der Waals surface area contributed by atoms with Crippen molar-refractivity contribution in [3.05, 3.63) is 42.2 Å². The van der Waals surface area contributed by atoms with Gasteiger partial charge in [-0.2, -0.15) is 4.98 Å². The van der Waals surface area contributed by atoms with Crippen molar-refractivity contribution >= 4 is 33.4 Å². The summed E-state index contributed by atoms with van der Waals surface area (Å²) in [5.41, 5.74) is 9.33. The second-order valence-corrected chi connectivity index (χ2v) is 9.80. The highest BCUT2D eigenvalue weighted by Gasteiger charge is 2.28. The van der Waals surface area contributed by atoms with Crippen molar-refractivity contribution in [2.75, 3.05) is 23.7 Å². The highest BCUT2D eigenvalue weighted by Crippen LogP contribution is 2.32. The lowest BCUT2D eigenvalue weighted by molar-refractivity contribution is 0.131. The second-order valence-electron chi connectivity index (χ2n) is 8.86. The Morgan fingerprint density at radius 3 is 2.48 bits per heavy atom. The zero-order valence-corrected chi connectivity index (χ0v) is 19.9. The van der Waals surface area contributed by atoms with Crippen LogP contribution < -0.4 is 15.4 Å². The largest absolute Gasteiger partial charge is 0.467 e. The van der Waals surface area contributed by atoms with E-state index in [9.17, 15) is 0 Å². The van der Waals surface area contributed by atoms with E-state index < -0.39 is 0 Å². The number of nitrogen functional groups attached to an aromatic ring is 1. The van der Waals surface area contributed by atoms with Gasteiger partial charge in [-0.15, -0.1) is 0 Å². The highest BCUT2D eigenvalue weighted by molar-refractivity contribution is 7.19. The molecule has 0 radical (unpaired) electrons. The number of rotatable bonds is 6. The summed E-state index contributed by atoms with van der Waals surface area (Å²) in [6.45, 7) is 8.02. The fourth-order valence-electron chi connectivity index (χ4n) is 4.07. The Hall–Kier alpha value is -3.20. The lowest BCUT2D eigenvalue weighted by atomic mass is 9.92. The fraction of sp³-hybridized carbons (Fsp3) is 0.417. The molecular formula is C24H28N6O2S. The Morgan fingerprint density at radius 2 is 1.79 bits per heavy atom. The Bertz CT molecular complexity index is 1230. The first kappa shape index (κ1) is 21.6. The average molecular weight is 465 g/mol. The highest BCUT2D eigenvalue weighted by atomic mass is 32.1. The van der Waals surface area contributed by atoms with Crippen LogP contribution in [0.4, 0.5) is 11.7 Å². The summed E-state index contributed by atoms with van der Waals surface area (Å²) in [4.78, 5) is 17.0. The number of thiazole rings is 1. The van der Waals surface area contributed by atoms with Gasteiger partial charge in [-0.1, -0.05) is 42.5 Å². The first-order chi connectivity index (χ1) is 16.0. The predicted octanol–water partition coefficient (Wildman–Crippen LogP) is 5.13. The van der Waals surface area contributed by atoms with Crippen LogP contribution in [0.15, 0.2) is 40.9 Å². The maximum Gasteiger partial charge on any atom is 0.324 e. The third-order valence-electron chi connectivity index (χ3n) is 6.15. The normalized spacial score (nSPS) is 15.9. The summed E-state index contributed by atoms with van der Waals surface area (Å²) < 4.78 is 11.7. The van der Waals surface area contributed by atoms with Crippen molar-refractivity contribution < 1.29 is 9.26 Å². The van der Waals surface area contributed by atoms with Gasteiger partial charge >= 0.3 is 6.01 Å². The number of aromatic nitrogens is 4. The van der Waals surface area contributed by atoms with Crippen LogP contribution in [0.2, 0.25) is 0 Å². The Labute approximate surface area is 196 Å². The van der Waals surface area contributed by atoms with Crippen LogP contribution in [0.25, 0.3) is 21.6 Å². The number of ether oxygens (including phenoxy) is 1. The van der Waals surface area contributed by atoms with Gasteiger partial charge in [0, 0.05) is 30.3 Å². The molecule has 172 valence electrons. The third-order valence-corrected chi connectivity index (χ3v) is 7.01. The van der Waals surface area contributed by atoms with Crippen LogP contribution in [0.1, 0.15) is 45.4 Å². The van der Waals surface area contributed by atoms with E-state index in [1.54, 1.807) is 0 Å². The molecule has 1 aliphatic rings. The van der Waals surface area contributed by atoms with Gasteiger partial charge in [0.25, 0.3) is 5.19 Å². The molecule has 1 unspecified atom stereocenters. The number of fused-ring (bicyclic) bond motifs is 1. The minimum Gasteiger partial charge on any atom is -0.467 e. The van der Waals surface area contributed by atoms with Crippen LogP contribution >= 0.6 is 11.3 Å². The SMILES string of the molecule is CC(C)c1noc(N2CCC(C(C)Oc3nc4ccc(-c5ccc(N)cc5)nc4s3)CC2)n1. The predicted molar refractivity (Wildman–Crippen MR) is 131 cm³/mol. The number of hydrogen-bond donors (Lipinski definition) is 1. The first-order valence-electron chi connectivity index (χ1n) is 11.3. The number of nitrogens with zero attached hydrogens (tertiary/aromatic N) is 5. The van der Waals surface area contributed by atoms with Crippen LogP contribution in [0.5, 0.6) is 5.19 Å². The van der Waals surface area contributed by atoms with Crippen molar-refractivity contribution in [2.24, 2.45) is 5.92 Å². The lowest BCUT2D eigenvalue weighted by Crippen LogP contribution is -2.38. The quantitative estimate of drug-likeness (QED) is 0.392. The summed E-state index contributed by atoms with van der Waals surface area (Å²) in [7, 11) is 0. The number of piperidine rings is 1.